The van der Waals surface area contributed by atoms with Crippen molar-refractivity contribution in [3.63, 3.8) is 0 Å². The maximum Gasteiger partial charge on any atom is 0.516 e. The van der Waals surface area contributed by atoms with Crippen LogP contribution in [-0.2, 0) is 27.1 Å². The van der Waals surface area contributed by atoms with Crippen molar-refractivity contribution in [3.8, 4) is 0 Å². The molecule has 2 saturated heterocycles. The number of hydrogen-bond donors (Lipinski definition) is 1. The average molecular weight is 418 g/mol. The fourth-order valence-corrected chi connectivity index (χ4v) is 4.51. The molecule has 1 aromatic rings. The molecule has 2 fully saturated rings. The maximum absolute atomic E-state index is 11.7. The minimum absolute atomic E-state index is 0.103. The van der Waals surface area contributed by atoms with Crippen molar-refractivity contribution in [2.75, 3.05) is 19.6 Å². The summed E-state index contributed by atoms with van der Waals surface area (Å²) in [7, 11) is -0.629. The van der Waals surface area contributed by atoms with Crippen LogP contribution in [0.25, 0.3) is 0 Å². The van der Waals surface area contributed by atoms with Crippen LogP contribution in [0.15, 0.2) is 0 Å². The maximum atomic E-state index is 11.7. The lowest BCUT2D eigenvalue weighted by Crippen LogP contribution is -2.42. The standard InChI is InChI=1S/C20H31BN4O5/c1-13(26)23-9-6-14(7-10-23)25-16-8-11-24(18(27)28)12-15(16)17(22-25)21-29-19(2,3)20(4,5)30-21/h14H,6-12H2,1-5H3,(H,27,28). The van der Waals surface area contributed by atoms with Gasteiger partial charge in [0.15, 0.2) is 0 Å². The first-order valence-corrected chi connectivity index (χ1v) is 10.7. The van der Waals surface area contributed by atoms with Gasteiger partial charge in [0.25, 0.3) is 0 Å². The molecule has 1 aromatic heterocycles. The third kappa shape index (κ3) is 3.49. The molecule has 3 aliphatic heterocycles. The van der Waals surface area contributed by atoms with Crippen molar-refractivity contribution >= 4 is 24.7 Å². The zero-order valence-corrected chi connectivity index (χ0v) is 18.5. The normalized spacial score (nSPS) is 23.6. The summed E-state index contributed by atoms with van der Waals surface area (Å²) in [6, 6.07) is 0.182. The number of carboxylic acid groups (broad SMARTS) is 1. The van der Waals surface area contributed by atoms with Crippen LogP contribution >= 0.6 is 0 Å². The third-order valence-electron chi connectivity index (χ3n) is 7.12. The molecule has 0 atom stereocenters. The topological polar surface area (TPSA) is 97.1 Å². The van der Waals surface area contributed by atoms with Crippen LogP contribution < -0.4 is 5.59 Å². The highest BCUT2D eigenvalue weighted by Crippen LogP contribution is 2.37. The second-order valence-corrected chi connectivity index (χ2v) is 9.53. The van der Waals surface area contributed by atoms with Gasteiger partial charge in [-0.25, -0.2) is 4.79 Å². The predicted molar refractivity (Wildman–Crippen MR) is 111 cm³/mol. The lowest BCUT2D eigenvalue weighted by molar-refractivity contribution is -0.130. The van der Waals surface area contributed by atoms with Gasteiger partial charge in [-0.15, -0.1) is 0 Å². The first kappa shape index (κ1) is 21.2. The molecule has 0 radical (unpaired) electrons. The van der Waals surface area contributed by atoms with Crippen molar-refractivity contribution in [1.29, 1.82) is 0 Å². The quantitative estimate of drug-likeness (QED) is 0.730. The molecule has 0 aromatic carbocycles. The van der Waals surface area contributed by atoms with Gasteiger partial charge in [-0.05, 0) is 40.5 Å². The monoisotopic (exact) mass is 418 g/mol. The van der Waals surface area contributed by atoms with Gasteiger partial charge in [-0.1, -0.05) is 0 Å². The number of piperidine rings is 1. The van der Waals surface area contributed by atoms with Gasteiger partial charge in [0.05, 0.1) is 29.4 Å². The van der Waals surface area contributed by atoms with E-state index in [0.717, 1.165) is 24.1 Å². The first-order valence-electron chi connectivity index (χ1n) is 10.7. The molecular formula is C20H31BN4O5. The SMILES string of the molecule is CC(=O)N1CCC(n2nc(B3OC(C)(C)C(C)(C)O3)c3c2CCN(C(=O)O)C3)CC1. The molecule has 0 unspecified atom stereocenters. The summed E-state index contributed by atoms with van der Waals surface area (Å²) in [4.78, 5) is 26.6. The van der Waals surface area contributed by atoms with E-state index in [4.69, 9.17) is 14.4 Å². The van der Waals surface area contributed by atoms with E-state index in [2.05, 4.69) is 4.68 Å². The molecular weight excluding hydrogens is 387 g/mol. The fourth-order valence-electron chi connectivity index (χ4n) is 4.51. The van der Waals surface area contributed by atoms with Crippen LogP contribution in [0.4, 0.5) is 4.79 Å². The first-order chi connectivity index (χ1) is 14.0. The molecule has 30 heavy (non-hydrogen) atoms. The summed E-state index contributed by atoms with van der Waals surface area (Å²) in [5.74, 6) is 0.103. The number of fused-ring (bicyclic) bond motifs is 1. The summed E-state index contributed by atoms with van der Waals surface area (Å²) in [5.41, 5.74) is 1.66. The van der Waals surface area contributed by atoms with Crippen LogP contribution in [0.2, 0.25) is 0 Å². The van der Waals surface area contributed by atoms with Gasteiger partial charge in [0.1, 0.15) is 0 Å². The van der Waals surface area contributed by atoms with Crippen LogP contribution in [0.5, 0.6) is 0 Å². The minimum atomic E-state index is -0.928. The summed E-state index contributed by atoms with van der Waals surface area (Å²) in [6.45, 7) is 11.7. The third-order valence-corrected chi connectivity index (χ3v) is 7.12. The molecule has 4 heterocycles. The second-order valence-electron chi connectivity index (χ2n) is 9.53. The van der Waals surface area contributed by atoms with E-state index >= 15 is 0 Å². The molecule has 0 spiro atoms. The highest BCUT2D eigenvalue weighted by molar-refractivity contribution is 6.61. The fraction of sp³-hybridized carbons (Fsp3) is 0.750. The van der Waals surface area contributed by atoms with Crippen LogP contribution in [-0.4, -0.2) is 74.6 Å². The summed E-state index contributed by atoms with van der Waals surface area (Å²) >= 11 is 0. The summed E-state index contributed by atoms with van der Waals surface area (Å²) < 4.78 is 14.6. The Hall–Kier alpha value is -2.07. The number of nitrogens with zero attached hydrogens (tertiary/aromatic N) is 4. The van der Waals surface area contributed by atoms with E-state index in [1.54, 1.807) is 6.92 Å². The Morgan fingerprint density at radius 2 is 1.67 bits per heavy atom. The van der Waals surface area contributed by atoms with Crippen LogP contribution in [0, 0.1) is 0 Å². The highest BCUT2D eigenvalue weighted by Gasteiger charge is 2.54. The van der Waals surface area contributed by atoms with E-state index in [1.807, 2.05) is 32.6 Å². The zero-order valence-electron chi connectivity index (χ0n) is 18.5. The van der Waals surface area contributed by atoms with Crippen LogP contribution in [0.3, 0.4) is 0 Å². The van der Waals surface area contributed by atoms with E-state index in [9.17, 15) is 14.7 Å². The molecule has 0 bridgehead atoms. The Morgan fingerprint density at radius 3 is 2.20 bits per heavy atom. The van der Waals surface area contributed by atoms with Gasteiger partial charge < -0.3 is 24.2 Å². The Morgan fingerprint density at radius 1 is 1.07 bits per heavy atom. The Kier molecular flexibility index (Phi) is 5.13. The van der Waals surface area contributed by atoms with Gasteiger partial charge in [0, 0.05) is 44.2 Å². The van der Waals surface area contributed by atoms with Gasteiger partial charge in [-0.3, -0.25) is 9.48 Å². The number of amides is 2. The highest BCUT2D eigenvalue weighted by atomic mass is 16.7. The van der Waals surface area contributed by atoms with Gasteiger partial charge in [-0.2, -0.15) is 5.10 Å². The molecule has 2 amide bonds. The largest absolute Gasteiger partial charge is 0.516 e. The molecule has 10 heteroatoms. The van der Waals surface area contributed by atoms with E-state index in [-0.39, 0.29) is 18.5 Å². The Bertz CT molecular complexity index is 844. The molecule has 164 valence electrons. The minimum Gasteiger partial charge on any atom is -0.465 e. The van der Waals surface area contributed by atoms with Crippen LogP contribution in [0.1, 0.15) is 64.8 Å². The van der Waals surface area contributed by atoms with Crippen molar-refractivity contribution < 1.29 is 24.0 Å². The lowest BCUT2D eigenvalue weighted by Gasteiger charge is -2.33. The number of aromatic nitrogens is 2. The Labute approximate surface area is 177 Å². The van der Waals surface area contributed by atoms with Crippen molar-refractivity contribution in [3.05, 3.63) is 11.3 Å². The molecule has 0 saturated carbocycles. The molecule has 3 aliphatic rings. The molecule has 9 nitrogen and oxygen atoms in total. The summed E-state index contributed by atoms with van der Waals surface area (Å²) in [6.07, 6.45) is 1.35. The molecule has 4 rings (SSSR count). The van der Waals surface area contributed by atoms with E-state index in [1.165, 1.54) is 4.90 Å². The van der Waals surface area contributed by atoms with Gasteiger partial charge >= 0.3 is 13.2 Å². The lowest BCUT2D eigenvalue weighted by atomic mass is 9.80. The smallest absolute Gasteiger partial charge is 0.465 e. The second kappa shape index (κ2) is 7.27. The van der Waals surface area contributed by atoms with Crippen molar-refractivity contribution in [2.24, 2.45) is 0 Å². The van der Waals surface area contributed by atoms with E-state index in [0.29, 0.717) is 31.6 Å². The number of rotatable bonds is 2. The zero-order chi connectivity index (χ0) is 21.8. The average Bonchev–Trinajstić information content (AvgIpc) is 3.15. The summed E-state index contributed by atoms with van der Waals surface area (Å²) in [5, 5.41) is 14.5. The van der Waals surface area contributed by atoms with Crippen molar-refractivity contribution in [1.82, 2.24) is 19.6 Å². The Balaban J connectivity index is 1.67. The molecule has 1 N–H and O–H groups in total. The number of carbonyl (C=O) groups excluding carboxylic acids is 1. The molecule has 0 aliphatic carbocycles. The number of hydrogen-bond acceptors (Lipinski definition) is 5. The van der Waals surface area contributed by atoms with E-state index < -0.39 is 24.4 Å². The van der Waals surface area contributed by atoms with Gasteiger partial charge in [0.2, 0.25) is 5.91 Å². The number of carbonyl (C=O) groups is 2. The van der Waals surface area contributed by atoms with Crippen molar-refractivity contribution in [2.45, 2.75) is 77.7 Å². The number of likely N-dealkylation sites (tertiary alicyclic amines) is 1. The predicted octanol–water partition coefficient (Wildman–Crippen LogP) is 1.40.